The molecule has 0 aliphatic rings. The van der Waals surface area contributed by atoms with Gasteiger partial charge in [-0.3, -0.25) is 4.57 Å². The molecule has 29 heavy (non-hydrogen) atoms. The SMILES string of the molecule is C=CCn1c(SCc2cc(-c3ccccc3)on2)nnc1-c1ccccc1OC. The predicted molar refractivity (Wildman–Crippen MR) is 114 cm³/mol. The molecule has 0 radical (unpaired) electrons. The molecule has 0 unspecified atom stereocenters. The van der Waals surface area contributed by atoms with Gasteiger partial charge < -0.3 is 9.26 Å². The zero-order chi connectivity index (χ0) is 20.1. The van der Waals surface area contributed by atoms with Crippen molar-refractivity contribution in [2.75, 3.05) is 7.11 Å². The minimum atomic E-state index is 0.594. The maximum atomic E-state index is 5.48. The van der Waals surface area contributed by atoms with Crippen molar-refractivity contribution in [1.82, 2.24) is 19.9 Å². The number of ether oxygens (including phenoxy) is 1. The van der Waals surface area contributed by atoms with Crippen molar-refractivity contribution in [3.05, 3.63) is 79.0 Å². The highest BCUT2D eigenvalue weighted by Crippen LogP contribution is 2.32. The molecule has 2 aromatic heterocycles. The highest BCUT2D eigenvalue weighted by atomic mass is 32.2. The molecule has 0 atom stereocenters. The summed E-state index contributed by atoms with van der Waals surface area (Å²) in [7, 11) is 1.65. The lowest BCUT2D eigenvalue weighted by molar-refractivity contribution is 0.416. The molecule has 0 aliphatic carbocycles. The molecule has 0 aliphatic heterocycles. The van der Waals surface area contributed by atoms with Crippen LogP contribution in [0.4, 0.5) is 0 Å². The average Bonchev–Trinajstić information content (AvgIpc) is 3.40. The van der Waals surface area contributed by atoms with Gasteiger partial charge in [0.25, 0.3) is 0 Å². The van der Waals surface area contributed by atoms with E-state index < -0.39 is 0 Å². The zero-order valence-corrected chi connectivity index (χ0v) is 16.8. The summed E-state index contributed by atoms with van der Waals surface area (Å²) in [6.07, 6.45) is 1.83. The summed E-state index contributed by atoms with van der Waals surface area (Å²) in [4.78, 5) is 0. The van der Waals surface area contributed by atoms with Gasteiger partial charge in [0.05, 0.1) is 18.4 Å². The second-order valence-electron chi connectivity index (χ2n) is 6.24. The van der Waals surface area contributed by atoms with Crippen molar-refractivity contribution < 1.29 is 9.26 Å². The summed E-state index contributed by atoms with van der Waals surface area (Å²) in [6, 6.07) is 19.7. The summed E-state index contributed by atoms with van der Waals surface area (Å²) < 4.78 is 13.0. The van der Waals surface area contributed by atoms with Crippen molar-refractivity contribution in [1.29, 1.82) is 0 Å². The molecule has 0 bridgehead atoms. The quantitative estimate of drug-likeness (QED) is 0.301. The second-order valence-corrected chi connectivity index (χ2v) is 7.19. The van der Waals surface area contributed by atoms with Crippen LogP contribution in [0.25, 0.3) is 22.7 Å². The molecular weight excluding hydrogens is 384 g/mol. The van der Waals surface area contributed by atoms with E-state index in [0.717, 1.165) is 39.3 Å². The molecule has 0 saturated carbocycles. The normalized spacial score (nSPS) is 10.8. The molecule has 6 nitrogen and oxygen atoms in total. The molecule has 0 spiro atoms. The third-order valence-corrected chi connectivity index (χ3v) is 5.34. The molecule has 0 N–H and O–H groups in total. The third kappa shape index (κ3) is 4.09. The van der Waals surface area contributed by atoms with Gasteiger partial charge in [-0.2, -0.15) is 0 Å². The number of benzene rings is 2. The van der Waals surface area contributed by atoms with Gasteiger partial charge in [0.1, 0.15) is 5.75 Å². The van der Waals surface area contributed by atoms with Gasteiger partial charge in [0, 0.05) is 23.9 Å². The first-order valence-electron chi connectivity index (χ1n) is 9.11. The van der Waals surface area contributed by atoms with Gasteiger partial charge in [-0.05, 0) is 12.1 Å². The number of hydrogen-bond donors (Lipinski definition) is 0. The Balaban J connectivity index is 1.56. The Bertz CT molecular complexity index is 1100. The van der Waals surface area contributed by atoms with E-state index in [-0.39, 0.29) is 0 Å². The number of methoxy groups -OCH3 is 1. The summed E-state index contributed by atoms with van der Waals surface area (Å²) >= 11 is 1.56. The Morgan fingerprint density at radius 3 is 2.69 bits per heavy atom. The highest BCUT2D eigenvalue weighted by Gasteiger charge is 2.17. The molecule has 7 heteroatoms. The van der Waals surface area contributed by atoms with E-state index in [4.69, 9.17) is 9.26 Å². The lowest BCUT2D eigenvalue weighted by atomic mass is 10.2. The van der Waals surface area contributed by atoms with E-state index in [1.165, 1.54) is 0 Å². The minimum absolute atomic E-state index is 0.594. The zero-order valence-electron chi connectivity index (χ0n) is 16.0. The monoisotopic (exact) mass is 404 g/mol. The molecular formula is C22H20N4O2S. The fraction of sp³-hybridized carbons (Fsp3) is 0.136. The van der Waals surface area contributed by atoms with Gasteiger partial charge >= 0.3 is 0 Å². The van der Waals surface area contributed by atoms with Crippen LogP contribution < -0.4 is 4.74 Å². The number of hydrogen-bond acceptors (Lipinski definition) is 6. The molecule has 0 fully saturated rings. The fourth-order valence-electron chi connectivity index (χ4n) is 2.97. The molecule has 2 heterocycles. The van der Waals surface area contributed by atoms with E-state index in [1.54, 1.807) is 18.9 Å². The average molecular weight is 404 g/mol. The number of rotatable bonds is 8. The van der Waals surface area contributed by atoms with Crippen LogP contribution in [0.3, 0.4) is 0 Å². The van der Waals surface area contributed by atoms with Crippen molar-refractivity contribution >= 4 is 11.8 Å². The van der Waals surface area contributed by atoms with Crippen LogP contribution in [0.2, 0.25) is 0 Å². The van der Waals surface area contributed by atoms with Crippen molar-refractivity contribution in [3.8, 4) is 28.5 Å². The van der Waals surface area contributed by atoms with E-state index in [9.17, 15) is 0 Å². The van der Waals surface area contributed by atoms with Crippen LogP contribution in [0.5, 0.6) is 5.75 Å². The molecule has 4 rings (SSSR count). The number of nitrogens with zero attached hydrogens (tertiary/aromatic N) is 4. The number of aromatic nitrogens is 4. The van der Waals surface area contributed by atoms with Crippen molar-refractivity contribution in [3.63, 3.8) is 0 Å². The van der Waals surface area contributed by atoms with Gasteiger partial charge in [-0.1, -0.05) is 65.5 Å². The molecule has 2 aromatic carbocycles. The molecule has 4 aromatic rings. The van der Waals surface area contributed by atoms with Crippen LogP contribution in [0.15, 0.2) is 83.0 Å². The second kappa shape index (κ2) is 8.79. The molecule has 0 saturated heterocycles. The summed E-state index contributed by atoms with van der Waals surface area (Å²) in [5, 5.41) is 13.7. The Morgan fingerprint density at radius 1 is 1.10 bits per heavy atom. The smallest absolute Gasteiger partial charge is 0.192 e. The highest BCUT2D eigenvalue weighted by molar-refractivity contribution is 7.98. The van der Waals surface area contributed by atoms with Crippen molar-refractivity contribution in [2.24, 2.45) is 0 Å². The Hall–Kier alpha value is -3.32. The summed E-state index contributed by atoms with van der Waals surface area (Å²) in [6.45, 7) is 4.46. The van der Waals surface area contributed by atoms with E-state index in [2.05, 4.69) is 21.9 Å². The lowest BCUT2D eigenvalue weighted by Crippen LogP contribution is -2.01. The Kier molecular flexibility index (Phi) is 5.76. The summed E-state index contributed by atoms with van der Waals surface area (Å²) in [5.41, 5.74) is 2.74. The largest absolute Gasteiger partial charge is 0.496 e. The first kappa shape index (κ1) is 19.0. The summed E-state index contributed by atoms with van der Waals surface area (Å²) in [5.74, 6) is 2.88. The Labute approximate surface area is 173 Å². The maximum absolute atomic E-state index is 5.48. The lowest BCUT2D eigenvalue weighted by Gasteiger charge is -2.10. The van der Waals surface area contributed by atoms with Gasteiger partial charge in [0.2, 0.25) is 0 Å². The van der Waals surface area contributed by atoms with Crippen LogP contribution in [0, 0.1) is 0 Å². The van der Waals surface area contributed by atoms with E-state index in [0.29, 0.717) is 12.3 Å². The van der Waals surface area contributed by atoms with Crippen LogP contribution in [-0.4, -0.2) is 27.0 Å². The number of thioether (sulfide) groups is 1. The molecule has 146 valence electrons. The third-order valence-electron chi connectivity index (χ3n) is 4.34. The van der Waals surface area contributed by atoms with Crippen LogP contribution in [-0.2, 0) is 12.3 Å². The van der Waals surface area contributed by atoms with Crippen molar-refractivity contribution in [2.45, 2.75) is 17.5 Å². The predicted octanol–water partition coefficient (Wildman–Crippen LogP) is 5.09. The van der Waals surface area contributed by atoms with E-state index >= 15 is 0 Å². The van der Waals surface area contributed by atoms with Crippen LogP contribution in [0.1, 0.15) is 5.69 Å². The number of allylic oxidation sites excluding steroid dienone is 1. The topological polar surface area (TPSA) is 66.0 Å². The van der Waals surface area contributed by atoms with Gasteiger partial charge in [-0.15, -0.1) is 16.8 Å². The fourth-order valence-corrected chi connectivity index (χ4v) is 3.80. The van der Waals surface area contributed by atoms with Crippen LogP contribution >= 0.6 is 11.8 Å². The van der Waals surface area contributed by atoms with Gasteiger partial charge in [-0.25, -0.2) is 0 Å². The standard InChI is InChI=1S/C22H20N4O2S/c1-3-13-26-21(18-11-7-8-12-19(18)27-2)23-24-22(26)29-15-17-14-20(28-25-17)16-9-5-4-6-10-16/h3-12,14H,1,13,15H2,2H3. The first-order chi connectivity index (χ1) is 14.3. The van der Waals surface area contributed by atoms with E-state index in [1.807, 2.05) is 71.3 Å². The Morgan fingerprint density at radius 2 is 1.90 bits per heavy atom. The maximum Gasteiger partial charge on any atom is 0.192 e. The first-order valence-corrected chi connectivity index (χ1v) is 10.1. The molecule has 0 amide bonds. The van der Waals surface area contributed by atoms with Gasteiger partial charge in [0.15, 0.2) is 16.7 Å². The minimum Gasteiger partial charge on any atom is -0.496 e. The number of para-hydroxylation sites is 1.